The van der Waals surface area contributed by atoms with Crippen molar-refractivity contribution in [2.24, 2.45) is 0 Å². The maximum absolute atomic E-state index is 12.7. The fourth-order valence-corrected chi connectivity index (χ4v) is 3.34. The van der Waals surface area contributed by atoms with Crippen LogP contribution in [0.15, 0.2) is 35.8 Å². The third-order valence-corrected chi connectivity index (χ3v) is 4.62. The molecule has 0 radical (unpaired) electrons. The number of aliphatic carboxylic acids is 1. The van der Waals surface area contributed by atoms with Crippen molar-refractivity contribution in [3.05, 3.63) is 35.8 Å². The van der Waals surface area contributed by atoms with Gasteiger partial charge >= 0.3 is 5.97 Å². The largest absolute Gasteiger partial charge is 0.499 e. The lowest BCUT2D eigenvalue weighted by Crippen LogP contribution is -2.50. The van der Waals surface area contributed by atoms with Crippen LogP contribution in [-0.2, 0) is 23.8 Å². The molecule has 1 N–H and O–H groups in total. The fraction of sp³-hybridized carbons (Fsp3) is 0.529. The third kappa shape index (κ3) is 6.83. The number of allylic oxidation sites excluding steroid dienone is 2. The normalized spacial score (nSPS) is 18.7. The first-order valence-corrected chi connectivity index (χ1v) is 8.85. The summed E-state index contributed by atoms with van der Waals surface area (Å²) < 4.78 is 15.3. The molecule has 0 aromatic carbocycles. The standard InChI is InChI=1S/C17H25NO6S/c1-12(23-3)7-13(8-14(24-4)10-22-2)9-16(19)18-5-6-25-11-15(18)17(20)21/h7-8,15H,1,5-6,9-11H2,2-4H3,(H,20,21)/b13-7+,14-8+. The maximum Gasteiger partial charge on any atom is 0.327 e. The molecule has 0 aromatic rings. The molecular formula is C17H25NO6S. The van der Waals surface area contributed by atoms with Crippen molar-refractivity contribution < 1.29 is 28.9 Å². The number of carbonyl (C=O) groups excluding carboxylic acids is 1. The predicted molar refractivity (Wildman–Crippen MR) is 96.3 cm³/mol. The van der Waals surface area contributed by atoms with Crippen molar-refractivity contribution in [3.63, 3.8) is 0 Å². The zero-order chi connectivity index (χ0) is 18.8. The number of thioether (sulfide) groups is 1. The van der Waals surface area contributed by atoms with Gasteiger partial charge in [0.1, 0.15) is 24.2 Å². The fourth-order valence-electron chi connectivity index (χ4n) is 2.30. The summed E-state index contributed by atoms with van der Waals surface area (Å²) in [5.41, 5.74) is 0.605. The minimum atomic E-state index is -0.986. The minimum absolute atomic E-state index is 0.0212. The molecule has 1 unspecified atom stereocenters. The molecule has 8 heteroatoms. The van der Waals surface area contributed by atoms with Gasteiger partial charge < -0.3 is 24.2 Å². The zero-order valence-electron chi connectivity index (χ0n) is 14.8. The van der Waals surface area contributed by atoms with E-state index in [1.54, 1.807) is 19.3 Å². The molecule has 1 atom stereocenters. The maximum atomic E-state index is 12.7. The summed E-state index contributed by atoms with van der Waals surface area (Å²) in [7, 11) is 4.53. The Morgan fingerprint density at radius 1 is 1.28 bits per heavy atom. The molecule has 0 aromatic heterocycles. The molecule has 140 valence electrons. The highest BCUT2D eigenvalue weighted by atomic mass is 32.2. The van der Waals surface area contributed by atoms with Crippen LogP contribution in [0, 0.1) is 0 Å². The second-order valence-corrected chi connectivity index (χ2v) is 6.48. The van der Waals surface area contributed by atoms with Crippen LogP contribution >= 0.6 is 11.8 Å². The minimum Gasteiger partial charge on any atom is -0.499 e. The summed E-state index contributed by atoms with van der Waals surface area (Å²) >= 11 is 1.53. The van der Waals surface area contributed by atoms with Crippen LogP contribution in [0.3, 0.4) is 0 Å². The van der Waals surface area contributed by atoms with E-state index in [1.165, 1.54) is 30.9 Å². The van der Waals surface area contributed by atoms with E-state index in [-0.39, 0.29) is 18.9 Å². The van der Waals surface area contributed by atoms with E-state index in [4.69, 9.17) is 14.2 Å². The predicted octanol–water partition coefficient (Wildman–Crippen LogP) is 1.67. The van der Waals surface area contributed by atoms with Gasteiger partial charge in [0.15, 0.2) is 0 Å². The molecule has 1 heterocycles. The Hall–Kier alpha value is -1.93. The number of amides is 1. The molecule has 25 heavy (non-hydrogen) atoms. The third-order valence-electron chi connectivity index (χ3n) is 3.59. The molecule has 1 aliphatic heterocycles. The summed E-state index contributed by atoms with van der Waals surface area (Å²) in [4.78, 5) is 25.5. The number of carboxylic acids is 1. The van der Waals surface area contributed by atoms with Crippen LogP contribution in [0.5, 0.6) is 0 Å². The second-order valence-electron chi connectivity index (χ2n) is 5.33. The molecule has 0 spiro atoms. The van der Waals surface area contributed by atoms with Crippen LogP contribution in [-0.4, -0.2) is 73.9 Å². The number of carboxylic acid groups (broad SMARTS) is 1. The molecule has 1 saturated heterocycles. The molecule has 7 nitrogen and oxygen atoms in total. The smallest absolute Gasteiger partial charge is 0.327 e. The summed E-state index contributed by atoms with van der Waals surface area (Å²) in [6.45, 7) is 4.40. The second kappa shape index (κ2) is 10.8. The molecule has 1 fully saturated rings. The highest BCUT2D eigenvalue weighted by Crippen LogP contribution is 2.20. The van der Waals surface area contributed by atoms with E-state index in [0.29, 0.717) is 29.4 Å². The van der Waals surface area contributed by atoms with Crippen molar-refractivity contribution in [2.75, 3.05) is 46.0 Å². The lowest BCUT2D eigenvalue weighted by Gasteiger charge is -2.32. The van der Waals surface area contributed by atoms with Gasteiger partial charge in [-0.2, -0.15) is 11.8 Å². The zero-order valence-corrected chi connectivity index (χ0v) is 15.6. The Labute approximate surface area is 152 Å². The van der Waals surface area contributed by atoms with Gasteiger partial charge in [-0.1, -0.05) is 6.58 Å². The molecule has 0 bridgehead atoms. The molecule has 0 saturated carbocycles. The van der Waals surface area contributed by atoms with Gasteiger partial charge in [0.05, 0.1) is 20.6 Å². The van der Waals surface area contributed by atoms with Gasteiger partial charge in [-0.05, 0) is 17.7 Å². The Bertz CT molecular complexity index is 557. The number of rotatable bonds is 9. The van der Waals surface area contributed by atoms with E-state index >= 15 is 0 Å². The number of hydrogen-bond acceptors (Lipinski definition) is 6. The van der Waals surface area contributed by atoms with Crippen LogP contribution < -0.4 is 0 Å². The van der Waals surface area contributed by atoms with Gasteiger partial charge in [-0.15, -0.1) is 0 Å². The van der Waals surface area contributed by atoms with E-state index in [1.807, 2.05) is 0 Å². The first kappa shape index (κ1) is 21.1. The van der Waals surface area contributed by atoms with Crippen LogP contribution in [0.25, 0.3) is 0 Å². The Morgan fingerprint density at radius 2 is 2.00 bits per heavy atom. The quantitative estimate of drug-likeness (QED) is 0.487. The van der Waals surface area contributed by atoms with E-state index in [0.717, 1.165) is 5.75 Å². The molecule has 1 rings (SSSR count). The van der Waals surface area contributed by atoms with Crippen LogP contribution in [0.4, 0.5) is 0 Å². The summed E-state index contributed by atoms with van der Waals surface area (Å²) in [5.74, 6) is 0.799. The topological polar surface area (TPSA) is 85.3 Å². The number of ether oxygens (including phenoxy) is 3. The highest BCUT2D eigenvalue weighted by molar-refractivity contribution is 7.99. The lowest BCUT2D eigenvalue weighted by molar-refractivity contribution is -0.148. The number of carbonyl (C=O) groups is 2. The van der Waals surface area contributed by atoms with Crippen LogP contribution in [0.1, 0.15) is 6.42 Å². The molecule has 0 aliphatic carbocycles. The first-order chi connectivity index (χ1) is 11.9. The Balaban J connectivity index is 2.99. The monoisotopic (exact) mass is 371 g/mol. The van der Waals surface area contributed by atoms with Gasteiger partial charge in [0.2, 0.25) is 5.91 Å². The molecular weight excluding hydrogens is 346 g/mol. The van der Waals surface area contributed by atoms with Crippen molar-refractivity contribution >= 4 is 23.6 Å². The highest BCUT2D eigenvalue weighted by Gasteiger charge is 2.32. The summed E-state index contributed by atoms with van der Waals surface area (Å²) in [6, 6.07) is -0.803. The summed E-state index contributed by atoms with van der Waals surface area (Å²) in [6.07, 6.45) is 3.33. The van der Waals surface area contributed by atoms with Crippen LogP contribution in [0.2, 0.25) is 0 Å². The van der Waals surface area contributed by atoms with Crippen molar-refractivity contribution in [1.82, 2.24) is 4.90 Å². The first-order valence-electron chi connectivity index (χ1n) is 7.69. The van der Waals surface area contributed by atoms with Gasteiger partial charge in [0, 0.05) is 25.2 Å². The van der Waals surface area contributed by atoms with Crippen molar-refractivity contribution in [1.29, 1.82) is 0 Å². The molecule has 1 aliphatic rings. The average molecular weight is 371 g/mol. The Morgan fingerprint density at radius 3 is 2.56 bits per heavy atom. The summed E-state index contributed by atoms with van der Waals surface area (Å²) in [5, 5.41) is 9.32. The SMILES string of the molecule is C=C(/C=C(\C=C(/COC)OC)CC(=O)N1CCSCC1C(=O)O)OC. The van der Waals surface area contributed by atoms with Crippen molar-refractivity contribution in [2.45, 2.75) is 12.5 Å². The molecule has 1 amide bonds. The average Bonchev–Trinajstić information content (AvgIpc) is 2.60. The van der Waals surface area contributed by atoms with Gasteiger partial charge in [-0.25, -0.2) is 4.79 Å². The Kier molecular flexibility index (Phi) is 9.15. The number of nitrogens with zero attached hydrogens (tertiary/aromatic N) is 1. The lowest BCUT2D eigenvalue weighted by atomic mass is 10.1. The van der Waals surface area contributed by atoms with Gasteiger partial charge in [-0.3, -0.25) is 4.79 Å². The van der Waals surface area contributed by atoms with Gasteiger partial charge in [0.25, 0.3) is 0 Å². The van der Waals surface area contributed by atoms with E-state index < -0.39 is 12.0 Å². The van der Waals surface area contributed by atoms with E-state index in [9.17, 15) is 14.7 Å². The van der Waals surface area contributed by atoms with Crippen molar-refractivity contribution in [3.8, 4) is 0 Å². The van der Waals surface area contributed by atoms with E-state index in [2.05, 4.69) is 6.58 Å². The number of methoxy groups -OCH3 is 3. The number of hydrogen-bond donors (Lipinski definition) is 1.